The molecule has 5 nitrogen and oxygen atoms in total. The molecule has 0 saturated heterocycles. The Morgan fingerprint density at radius 2 is 2.17 bits per heavy atom. The molecule has 1 heterocycles. The number of carbonyl (C=O) groups excluding carboxylic acids is 1. The summed E-state index contributed by atoms with van der Waals surface area (Å²) in [5.41, 5.74) is 0.468. The molecule has 0 aliphatic heterocycles. The number of halogens is 1. The van der Waals surface area contributed by atoms with E-state index in [1.807, 2.05) is 0 Å². The van der Waals surface area contributed by atoms with Crippen LogP contribution in [-0.2, 0) is 0 Å². The summed E-state index contributed by atoms with van der Waals surface area (Å²) in [7, 11) is 0. The summed E-state index contributed by atoms with van der Waals surface area (Å²) >= 11 is 4.52. The average Bonchev–Trinajstić information content (AvgIpc) is 2.85. The third-order valence-electron chi connectivity index (χ3n) is 2.16. The standard InChI is InChI=1S/C11H7BrN2O3S/c12-8-6-7(14(16)17)3-4-9(8)13-11(15)10-2-1-5-18-10/h1-6H,(H,13,15). The van der Waals surface area contributed by atoms with Crippen LogP contribution in [0.1, 0.15) is 9.67 Å². The van der Waals surface area contributed by atoms with Crippen molar-refractivity contribution in [1.29, 1.82) is 0 Å². The van der Waals surface area contributed by atoms with Crippen LogP contribution in [-0.4, -0.2) is 10.8 Å². The summed E-state index contributed by atoms with van der Waals surface area (Å²) in [6.07, 6.45) is 0. The molecule has 1 aromatic carbocycles. The van der Waals surface area contributed by atoms with Crippen LogP contribution in [0.4, 0.5) is 11.4 Å². The number of anilines is 1. The van der Waals surface area contributed by atoms with Gasteiger partial charge in [0.1, 0.15) is 0 Å². The number of nitrogens with zero attached hydrogens (tertiary/aromatic N) is 1. The third-order valence-corrected chi connectivity index (χ3v) is 3.68. The van der Waals surface area contributed by atoms with E-state index >= 15 is 0 Å². The number of hydrogen-bond donors (Lipinski definition) is 1. The smallest absolute Gasteiger partial charge is 0.270 e. The highest BCUT2D eigenvalue weighted by Gasteiger charge is 2.12. The van der Waals surface area contributed by atoms with E-state index in [9.17, 15) is 14.9 Å². The van der Waals surface area contributed by atoms with Gasteiger partial charge in [-0.1, -0.05) is 6.07 Å². The Morgan fingerprint density at radius 1 is 1.39 bits per heavy atom. The summed E-state index contributed by atoms with van der Waals surface area (Å²) in [5, 5.41) is 15.1. The molecule has 2 aromatic rings. The van der Waals surface area contributed by atoms with Crippen LogP contribution in [0, 0.1) is 10.1 Å². The number of amides is 1. The van der Waals surface area contributed by atoms with Crippen molar-refractivity contribution < 1.29 is 9.72 Å². The average molecular weight is 327 g/mol. The first-order chi connectivity index (χ1) is 8.58. The second-order valence-corrected chi connectivity index (χ2v) is 5.15. The molecule has 92 valence electrons. The Bertz CT molecular complexity index is 598. The molecule has 0 aliphatic rings. The van der Waals surface area contributed by atoms with Crippen LogP contribution in [0.25, 0.3) is 0 Å². The van der Waals surface area contributed by atoms with E-state index in [0.29, 0.717) is 15.0 Å². The topological polar surface area (TPSA) is 72.2 Å². The summed E-state index contributed by atoms with van der Waals surface area (Å²) < 4.78 is 0.474. The Balaban J connectivity index is 2.20. The molecule has 2 rings (SSSR count). The zero-order valence-electron chi connectivity index (χ0n) is 8.92. The minimum absolute atomic E-state index is 0.0315. The first-order valence-electron chi connectivity index (χ1n) is 4.87. The van der Waals surface area contributed by atoms with Crippen LogP contribution >= 0.6 is 27.3 Å². The fourth-order valence-electron chi connectivity index (χ4n) is 1.31. The quantitative estimate of drug-likeness (QED) is 0.690. The summed E-state index contributed by atoms with van der Waals surface area (Å²) in [6, 6.07) is 7.68. The molecule has 0 aliphatic carbocycles. The van der Waals surface area contributed by atoms with E-state index in [4.69, 9.17) is 0 Å². The molecule has 0 unspecified atom stereocenters. The number of thiophene rings is 1. The Morgan fingerprint density at radius 3 is 2.72 bits per heavy atom. The number of benzene rings is 1. The zero-order chi connectivity index (χ0) is 13.1. The van der Waals surface area contributed by atoms with Crippen molar-refractivity contribution in [1.82, 2.24) is 0 Å². The largest absolute Gasteiger partial charge is 0.320 e. The molecular formula is C11H7BrN2O3S. The number of non-ortho nitro benzene ring substituents is 1. The molecule has 0 saturated carbocycles. The van der Waals surface area contributed by atoms with Gasteiger partial charge >= 0.3 is 0 Å². The monoisotopic (exact) mass is 326 g/mol. The van der Waals surface area contributed by atoms with Gasteiger partial charge in [-0.15, -0.1) is 11.3 Å². The molecule has 1 amide bonds. The summed E-state index contributed by atoms with van der Waals surface area (Å²) in [5.74, 6) is -0.237. The van der Waals surface area contributed by atoms with Gasteiger partial charge in [-0.2, -0.15) is 0 Å². The highest BCUT2D eigenvalue weighted by atomic mass is 79.9. The number of rotatable bonds is 3. The van der Waals surface area contributed by atoms with E-state index in [-0.39, 0.29) is 11.6 Å². The minimum Gasteiger partial charge on any atom is -0.320 e. The van der Waals surface area contributed by atoms with Crippen LogP contribution in [0.15, 0.2) is 40.2 Å². The van der Waals surface area contributed by atoms with Gasteiger partial charge in [0.25, 0.3) is 11.6 Å². The maximum Gasteiger partial charge on any atom is 0.270 e. The lowest BCUT2D eigenvalue weighted by molar-refractivity contribution is -0.384. The highest BCUT2D eigenvalue weighted by molar-refractivity contribution is 9.10. The first kappa shape index (κ1) is 12.7. The second kappa shape index (κ2) is 5.28. The predicted molar refractivity (Wildman–Crippen MR) is 73.1 cm³/mol. The number of nitro benzene ring substituents is 1. The lowest BCUT2D eigenvalue weighted by atomic mass is 10.3. The van der Waals surface area contributed by atoms with Crippen molar-refractivity contribution in [3.8, 4) is 0 Å². The molecule has 0 spiro atoms. The Labute approximate surface area is 115 Å². The zero-order valence-corrected chi connectivity index (χ0v) is 11.3. The molecule has 0 bridgehead atoms. The second-order valence-electron chi connectivity index (χ2n) is 3.35. The third kappa shape index (κ3) is 2.74. The number of nitrogens with one attached hydrogen (secondary N) is 1. The van der Waals surface area contributed by atoms with Crippen LogP contribution in [0.5, 0.6) is 0 Å². The van der Waals surface area contributed by atoms with Gasteiger partial charge in [-0.3, -0.25) is 14.9 Å². The molecular weight excluding hydrogens is 320 g/mol. The fraction of sp³-hybridized carbons (Fsp3) is 0. The van der Waals surface area contributed by atoms with E-state index in [2.05, 4.69) is 21.2 Å². The van der Waals surface area contributed by atoms with Gasteiger partial charge in [0.2, 0.25) is 0 Å². The maximum absolute atomic E-state index is 11.8. The highest BCUT2D eigenvalue weighted by Crippen LogP contribution is 2.27. The lowest BCUT2D eigenvalue weighted by Gasteiger charge is -2.05. The normalized spacial score (nSPS) is 10.1. The Kier molecular flexibility index (Phi) is 3.73. The first-order valence-corrected chi connectivity index (χ1v) is 6.54. The summed E-state index contributed by atoms with van der Waals surface area (Å²) in [4.78, 5) is 22.5. The van der Waals surface area contributed by atoms with E-state index in [1.54, 1.807) is 17.5 Å². The molecule has 1 aromatic heterocycles. The predicted octanol–water partition coefficient (Wildman–Crippen LogP) is 3.67. The number of hydrogen-bond acceptors (Lipinski definition) is 4. The van der Waals surface area contributed by atoms with Crippen molar-refractivity contribution in [2.24, 2.45) is 0 Å². The molecule has 18 heavy (non-hydrogen) atoms. The van der Waals surface area contributed by atoms with E-state index in [1.165, 1.54) is 29.5 Å². The van der Waals surface area contributed by atoms with Crippen molar-refractivity contribution in [2.75, 3.05) is 5.32 Å². The molecule has 7 heteroatoms. The van der Waals surface area contributed by atoms with Crippen LogP contribution in [0.2, 0.25) is 0 Å². The van der Waals surface area contributed by atoms with Gasteiger partial charge in [-0.25, -0.2) is 0 Å². The summed E-state index contributed by atoms with van der Waals surface area (Å²) in [6.45, 7) is 0. The molecule has 0 atom stereocenters. The SMILES string of the molecule is O=C(Nc1ccc([N+](=O)[O-])cc1Br)c1cccs1. The van der Waals surface area contributed by atoms with Gasteiger partial charge in [-0.05, 0) is 33.4 Å². The van der Waals surface area contributed by atoms with Gasteiger partial charge in [0.05, 0.1) is 15.5 Å². The maximum atomic E-state index is 11.8. The van der Waals surface area contributed by atoms with Crippen molar-refractivity contribution in [3.63, 3.8) is 0 Å². The minimum atomic E-state index is -0.490. The molecule has 0 radical (unpaired) electrons. The Hall–Kier alpha value is -1.73. The number of nitro groups is 1. The lowest BCUT2D eigenvalue weighted by Crippen LogP contribution is -2.10. The van der Waals surface area contributed by atoms with Crippen molar-refractivity contribution in [3.05, 3.63) is 55.2 Å². The van der Waals surface area contributed by atoms with Gasteiger partial charge in [0.15, 0.2) is 0 Å². The fourth-order valence-corrected chi connectivity index (χ4v) is 2.40. The van der Waals surface area contributed by atoms with E-state index < -0.39 is 4.92 Å². The van der Waals surface area contributed by atoms with Crippen LogP contribution < -0.4 is 5.32 Å². The van der Waals surface area contributed by atoms with Crippen molar-refractivity contribution >= 4 is 44.5 Å². The molecule has 0 fully saturated rings. The molecule has 1 N–H and O–H groups in total. The van der Waals surface area contributed by atoms with Crippen LogP contribution in [0.3, 0.4) is 0 Å². The van der Waals surface area contributed by atoms with E-state index in [0.717, 1.165) is 0 Å². The number of carbonyl (C=O) groups is 1. The van der Waals surface area contributed by atoms with Gasteiger partial charge in [0, 0.05) is 16.6 Å². The van der Waals surface area contributed by atoms with Gasteiger partial charge < -0.3 is 5.32 Å². The van der Waals surface area contributed by atoms with Crippen molar-refractivity contribution in [2.45, 2.75) is 0 Å².